The molecule has 1 aliphatic heterocycles. The molecule has 5 rings (SSSR count). The summed E-state index contributed by atoms with van der Waals surface area (Å²) in [6, 6.07) is 24.7. The van der Waals surface area contributed by atoms with Gasteiger partial charge in [0, 0.05) is 44.6 Å². The van der Waals surface area contributed by atoms with E-state index in [1.54, 1.807) is 6.92 Å². The molecule has 1 amide bonds. The minimum absolute atomic E-state index is 0.00726. The Hall–Kier alpha value is -3.82. The predicted molar refractivity (Wildman–Crippen MR) is 177 cm³/mol. The van der Waals surface area contributed by atoms with Crippen LogP contribution in [0.2, 0.25) is 0 Å². The van der Waals surface area contributed by atoms with Gasteiger partial charge in [-0.1, -0.05) is 91.7 Å². The van der Waals surface area contributed by atoms with Gasteiger partial charge in [0.15, 0.2) is 12.4 Å². The summed E-state index contributed by atoms with van der Waals surface area (Å²) < 4.78 is 18.3. The summed E-state index contributed by atoms with van der Waals surface area (Å²) in [6.07, 6.45) is 6.11. The molecule has 0 bridgehead atoms. The molecule has 3 aromatic rings. The molecule has 3 aromatic carbocycles. The lowest BCUT2D eigenvalue weighted by atomic mass is 9.97. The van der Waals surface area contributed by atoms with Crippen molar-refractivity contribution >= 4 is 11.9 Å². The average molecular weight is 627 g/mol. The lowest BCUT2D eigenvalue weighted by molar-refractivity contribution is -0.253. The van der Waals surface area contributed by atoms with E-state index in [-0.39, 0.29) is 24.7 Å². The van der Waals surface area contributed by atoms with Gasteiger partial charge in [0.2, 0.25) is 0 Å². The molecule has 1 heterocycles. The molecule has 0 radical (unpaired) electrons. The van der Waals surface area contributed by atoms with Crippen molar-refractivity contribution in [1.82, 2.24) is 10.2 Å². The van der Waals surface area contributed by atoms with Crippen molar-refractivity contribution in [2.45, 2.75) is 89.7 Å². The van der Waals surface area contributed by atoms with E-state index in [0.717, 1.165) is 52.9 Å². The highest BCUT2D eigenvalue weighted by Gasteiger charge is 2.34. The monoisotopic (exact) mass is 626 g/mol. The van der Waals surface area contributed by atoms with Crippen molar-refractivity contribution in [2.75, 3.05) is 13.1 Å². The molecule has 1 aliphatic carbocycles. The van der Waals surface area contributed by atoms with Crippen molar-refractivity contribution < 1.29 is 28.9 Å². The molecular formula is C38H46N2O6. The van der Waals surface area contributed by atoms with Crippen molar-refractivity contribution in [3.05, 3.63) is 108 Å². The molecule has 0 aromatic heterocycles. The number of rotatable bonds is 13. The zero-order valence-electron chi connectivity index (χ0n) is 26.9. The van der Waals surface area contributed by atoms with Gasteiger partial charge in [0.25, 0.3) is 5.91 Å². The molecule has 1 saturated carbocycles. The summed E-state index contributed by atoms with van der Waals surface area (Å²) in [5, 5.41) is 12.4. The Bertz CT molecular complexity index is 1450. The first-order valence-electron chi connectivity index (χ1n) is 16.3. The van der Waals surface area contributed by atoms with Gasteiger partial charge < -0.3 is 24.6 Å². The summed E-state index contributed by atoms with van der Waals surface area (Å²) in [5.74, 6) is -0.837. The van der Waals surface area contributed by atoms with Crippen molar-refractivity contribution in [3.63, 3.8) is 0 Å². The molecule has 8 heteroatoms. The van der Waals surface area contributed by atoms with Gasteiger partial charge in [-0.25, -0.2) is 0 Å². The lowest BCUT2D eigenvalue weighted by Gasteiger charge is -2.39. The van der Waals surface area contributed by atoms with E-state index < -0.39 is 18.4 Å². The van der Waals surface area contributed by atoms with E-state index in [1.165, 1.54) is 32.6 Å². The number of hydrogen-bond donors (Lipinski definition) is 2. The highest BCUT2D eigenvalue weighted by atomic mass is 16.7. The highest BCUT2D eigenvalue weighted by Crippen LogP contribution is 2.39. The third kappa shape index (κ3) is 8.70. The molecule has 8 nitrogen and oxygen atoms in total. The largest absolute Gasteiger partial charge is 0.453 e. The fraction of sp³-hybridized carbons (Fsp3) is 0.421. The minimum Gasteiger partial charge on any atom is -0.453 e. The smallest absolute Gasteiger partial charge is 0.303 e. The molecule has 4 atom stereocenters. The molecule has 46 heavy (non-hydrogen) atoms. The zero-order chi connectivity index (χ0) is 32.5. The number of aliphatic hydroxyl groups is 1. The maximum absolute atomic E-state index is 12.4. The van der Waals surface area contributed by atoms with Crippen LogP contribution in [0.3, 0.4) is 0 Å². The maximum atomic E-state index is 12.4. The second-order valence-corrected chi connectivity index (χ2v) is 12.3. The van der Waals surface area contributed by atoms with Crippen LogP contribution in [0.15, 0.2) is 85.5 Å². The Morgan fingerprint density at radius 2 is 1.72 bits per heavy atom. The van der Waals surface area contributed by atoms with Crippen LogP contribution >= 0.6 is 0 Å². The summed E-state index contributed by atoms with van der Waals surface area (Å²) in [6.45, 7) is 8.82. The van der Waals surface area contributed by atoms with Gasteiger partial charge in [-0.05, 0) is 47.6 Å². The molecule has 2 N–H and O–H groups in total. The van der Waals surface area contributed by atoms with E-state index in [1.807, 2.05) is 66.7 Å². The average Bonchev–Trinajstić information content (AvgIpc) is 3.62. The molecule has 2 fully saturated rings. The number of carbonyl (C=O) groups is 2. The standard InChI is InChI=1S/C38H46N2O6/c1-4-21-40(33-10-6-7-11-33)24-34-22-36(30-15-13-28(25-41)14-16-30)46-38(45-34)31-19-17-29(18-20-31)35-12-8-5-9-32(35)23-39-37(43)26(2)44-27(3)42/h4-5,8-9,12-20,26,33-34,36,38,41H,1,6-7,10-11,21-25H2,2-3H3,(H,39,43). The maximum Gasteiger partial charge on any atom is 0.303 e. The second-order valence-electron chi connectivity index (χ2n) is 12.3. The number of hydrogen-bond acceptors (Lipinski definition) is 7. The van der Waals surface area contributed by atoms with Crippen LogP contribution in [0.25, 0.3) is 11.1 Å². The number of nitrogens with zero attached hydrogens (tertiary/aromatic N) is 1. The van der Waals surface area contributed by atoms with Gasteiger partial charge in [-0.3, -0.25) is 14.5 Å². The predicted octanol–water partition coefficient (Wildman–Crippen LogP) is 6.39. The summed E-state index contributed by atoms with van der Waals surface area (Å²) in [5.41, 5.74) is 5.82. The fourth-order valence-corrected chi connectivity index (χ4v) is 6.51. The van der Waals surface area contributed by atoms with Crippen LogP contribution in [0.4, 0.5) is 0 Å². The third-order valence-corrected chi connectivity index (χ3v) is 8.93. The molecule has 4 unspecified atom stereocenters. The number of nitrogens with one attached hydrogen (secondary N) is 1. The Kier molecular flexibility index (Phi) is 11.8. The van der Waals surface area contributed by atoms with Crippen LogP contribution in [0.1, 0.15) is 80.6 Å². The summed E-state index contributed by atoms with van der Waals surface area (Å²) >= 11 is 0. The van der Waals surface area contributed by atoms with Crippen molar-refractivity contribution in [2.24, 2.45) is 0 Å². The Labute approximate surface area is 272 Å². The van der Waals surface area contributed by atoms with E-state index >= 15 is 0 Å². The number of aliphatic hydroxyl groups excluding tert-OH is 1. The van der Waals surface area contributed by atoms with Crippen molar-refractivity contribution in [1.29, 1.82) is 0 Å². The van der Waals surface area contributed by atoms with Crippen LogP contribution in [-0.2, 0) is 37.0 Å². The third-order valence-electron chi connectivity index (χ3n) is 8.93. The minimum atomic E-state index is -0.860. The first kappa shape index (κ1) is 33.5. The quantitative estimate of drug-likeness (QED) is 0.168. The van der Waals surface area contributed by atoms with Gasteiger partial charge in [0.1, 0.15) is 0 Å². The number of amides is 1. The van der Waals surface area contributed by atoms with E-state index in [9.17, 15) is 14.7 Å². The Balaban J connectivity index is 1.34. The van der Waals surface area contributed by atoms with Gasteiger partial charge >= 0.3 is 5.97 Å². The summed E-state index contributed by atoms with van der Waals surface area (Å²) in [7, 11) is 0. The molecule has 1 saturated heterocycles. The normalized spacial score (nSPS) is 20.7. The number of esters is 1. The topological polar surface area (TPSA) is 97.3 Å². The Morgan fingerprint density at radius 3 is 2.39 bits per heavy atom. The fourth-order valence-electron chi connectivity index (χ4n) is 6.51. The van der Waals surface area contributed by atoms with Crippen LogP contribution < -0.4 is 5.32 Å². The van der Waals surface area contributed by atoms with E-state index in [4.69, 9.17) is 14.2 Å². The molecule has 0 spiro atoms. The highest BCUT2D eigenvalue weighted by molar-refractivity contribution is 5.83. The van der Waals surface area contributed by atoms with E-state index in [2.05, 4.69) is 28.9 Å². The zero-order valence-corrected chi connectivity index (χ0v) is 26.9. The lowest BCUT2D eigenvalue weighted by Crippen LogP contribution is -2.43. The molecule has 2 aliphatic rings. The number of ether oxygens (including phenoxy) is 3. The van der Waals surface area contributed by atoms with Crippen LogP contribution in [0, 0.1) is 0 Å². The van der Waals surface area contributed by atoms with Crippen molar-refractivity contribution in [3.8, 4) is 11.1 Å². The van der Waals surface area contributed by atoms with E-state index in [0.29, 0.717) is 12.6 Å². The van der Waals surface area contributed by atoms with Crippen LogP contribution in [0.5, 0.6) is 0 Å². The number of benzene rings is 3. The molecule has 244 valence electrons. The second kappa shape index (κ2) is 16.1. The number of carbonyl (C=O) groups excluding carboxylic acids is 2. The van der Waals surface area contributed by atoms with Gasteiger partial charge in [0.05, 0.1) is 18.8 Å². The van der Waals surface area contributed by atoms with Crippen LogP contribution in [-0.4, -0.2) is 53.2 Å². The first-order chi connectivity index (χ1) is 22.3. The van der Waals surface area contributed by atoms with Gasteiger partial charge in [-0.15, -0.1) is 6.58 Å². The molecular weight excluding hydrogens is 580 g/mol. The Morgan fingerprint density at radius 1 is 1.02 bits per heavy atom. The SMILES string of the molecule is C=CCN(CC1CC(c2ccc(CO)cc2)OC(c2ccc(-c3ccccc3CNC(=O)C(C)OC(C)=O)cc2)O1)C1CCCC1. The first-order valence-corrected chi connectivity index (χ1v) is 16.3. The summed E-state index contributed by atoms with van der Waals surface area (Å²) in [4.78, 5) is 26.2. The van der Waals surface area contributed by atoms with Gasteiger partial charge in [-0.2, -0.15) is 0 Å².